The van der Waals surface area contributed by atoms with Crippen molar-refractivity contribution in [1.82, 2.24) is 25.1 Å². The fourth-order valence-electron chi connectivity index (χ4n) is 4.77. The van der Waals surface area contributed by atoms with Crippen LogP contribution >= 0.6 is 11.3 Å². The molecule has 0 unspecified atom stereocenters. The molecule has 180 valence electrons. The van der Waals surface area contributed by atoms with Crippen LogP contribution in [-0.2, 0) is 10.3 Å². The summed E-state index contributed by atoms with van der Waals surface area (Å²) in [5.41, 5.74) is 1.00. The van der Waals surface area contributed by atoms with Gasteiger partial charge in [0.25, 0.3) is 5.91 Å². The average Bonchev–Trinajstić information content (AvgIpc) is 3.61. The molecule has 3 aromatic heterocycles. The van der Waals surface area contributed by atoms with E-state index in [-0.39, 0.29) is 5.91 Å². The Labute approximate surface area is 212 Å². The Morgan fingerprint density at radius 3 is 2.47 bits per heavy atom. The molecule has 6 rings (SSSR count). The molecule has 0 bridgehead atoms. The van der Waals surface area contributed by atoms with Gasteiger partial charge < -0.3 is 10.2 Å². The molecule has 0 radical (unpaired) electrons. The highest BCUT2D eigenvalue weighted by Crippen LogP contribution is 2.37. The summed E-state index contributed by atoms with van der Waals surface area (Å²) in [4.78, 5) is 25.7. The van der Waals surface area contributed by atoms with Crippen molar-refractivity contribution in [3.63, 3.8) is 0 Å². The second-order valence-electron chi connectivity index (χ2n) is 8.64. The SMILES string of the molecule is O=C(Nc1nccs1)[C@](c1ccccc1)(c1ccc(N2CCNCC2)nc1)n1cc2ccccc2n1. The van der Waals surface area contributed by atoms with E-state index in [1.807, 2.05) is 78.3 Å². The number of thiazole rings is 1. The van der Waals surface area contributed by atoms with E-state index >= 15 is 0 Å². The van der Waals surface area contributed by atoms with Crippen molar-refractivity contribution in [3.8, 4) is 0 Å². The van der Waals surface area contributed by atoms with Crippen LogP contribution in [0.4, 0.5) is 10.9 Å². The lowest BCUT2D eigenvalue weighted by atomic mass is 9.82. The first-order valence-corrected chi connectivity index (χ1v) is 12.8. The first kappa shape index (κ1) is 22.4. The number of carbonyl (C=O) groups is 1. The Morgan fingerprint density at radius 2 is 1.75 bits per heavy atom. The van der Waals surface area contributed by atoms with Crippen LogP contribution in [0.3, 0.4) is 0 Å². The number of fused-ring (bicyclic) bond motifs is 1. The van der Waals surface area contributed by atoms with Gasteiger partial charge in [-0.1, -0.05) is 54.6 Å². The Kier molecular flexibility index (Phi) is 5.92. The van der Waals surface area contributed by atoms with Crippen LogP contribution in [-0.4, -0.2) is 51.8 Å². The third-order valence-corrected chi connectivity index (χ3v) is 7.23. The number of rotatable bonds is 6. The van der Waals surface area contributed by atoms with Crippen molar-refractivity contribution in [1.29, 1.82) is 0 Å². The standard InChI is InChI=1S/C27H25N7OS/c35-25(31-26-29-14-17-36-26)27(21-7-2-1-3-8-21,34-19-20-6-4-5-9-23(20)32-34)22-10-11-24(30-18-22)33-15-12-28-13-16-33/h1-11,14,17-19,28H,12-13,15-16H2,(H,29,31,35)/t27-/m0/s1. The fourth-order valence-corrected chi connectivity index (χ4v) is 5.29. The van der Waals surface area contributed by atoms with E-state index in [4.69, 9.17) is 10.1 Å². The predicted molar refractivity (Wildman–Crippen MR) is 142 cm³/mol. The van der Waals surface area contributed by atoms with E-state index in [0.717, 1.165) is 54.0 Å². The van der Waals surface area contributed by atoms with Crippen molar-refractivity contribution in [2.45, 2.75) is 5.54 Å². The Balaban J connectivity index is 1.55. The molecule has 5 aromatic rings. The number of anilines is 2. The highest BCUT2D eigenvalue weighted by atomic mass is 32.1. The van der Waals surface area contributed by atoms with E-state index in [1.165, 1.54) is 11.3 Å². The van der Waals surface area contributed by atoms with Gasteiger partial charge in [0.2, 0.25) is 0 Å². The van der Waals surface area contributed by atoms with Gasteiger partial charge in [0, 0.05) is 61.1 Å². The fraction of sp³-hybridized carbons (Fsp3) is 0.185. The normalized spacial score (nSPS) is 15.5. The van der Waals surface area contributed by atoms with Crippen molar-refractivity contribution in [2.75, 3.05) is 36.4 Å². The number of aromatic nitrogens is 4. The van der Waals surface area contributed by atoms with E-state index < -0.39 is 5.54 Å². The second kappa shape index (κ2) is 9.52. The van der Waals surface area contributed by atoms with Crippen LogP contribution in [0.15, 0.2) is 90.7 Å². The monoisotopic (exact) mass is 495 g/mol. The summed E-state index contributed by atoms with van der Waals surface area (Å²) in [6.07, 6.45) is 5.41. The zero-order valence-electron chi connectivity index (χ0n) is 19.5. The molecule has 1 amide bonds. The molecule has 1 saturated heterocycles. The minimum Gasteiger partial charge on any atom is -0.354 e. The Hall–Kier alpha value is -4.08. The molecule has 4 heterocycles. The summed E-state index contributed by atoms with van der Waals surface area (Å²) in [7, 11) is 0. The molecule has 2 N–H and O–H groups in total. The van der Waals surface area contributed by atoms with Crippen LogP contribution in [0, 0.1) is 0 Å². The summed E-state index contributed by atoms with van der Waals surface area (Å²) < 4.78 is 1.76. The molecular formula is C27H25N7OS. The maximum absolute atomic E-state index is 14.3. The van der Waals surface area contributed by atoms with Gasteiger partial charge in [0.15, 0.2) is 10.7 Å². The zero-order valence-corrected chi connectivity index (χ0v) is 20.4. The van der Waals surface area contributed by atoms with Crippen LogP contribution in [0.1, 0.15) is 11.1 Å². The van der Waals surface area contributed by atoms with Crippen molar-refractivity contribution >= 4 is 39.1 Å². The predicted octanol–water partition coefficient (Wildman–Crippen LogP) is 3.73. The van der Waals surface area contributed by atoms with E-state index in [9.17, 15) is 4.79 Å². The molecule has 0 saturated carbocycles. The van der Waals surface area contributed by atoms with Gasteiger partial charge in [0.05, 0.1) is 5.52 Å². The summed E-state index contributed by atoms with van der Waals surface area (Å²) >= 11 is 1.38. The van der Waals surface area contributed by atoms with Crippen LogP contribution < -0.4 is 15.5 Å². The minimum absolute atomic E-state index is 0.256. The molecular weight excluding hydrogens is 470 g/mol. The number of benzene rings is 2. The van der Waals surface area contributed by atoms with Crippen LogP contribution in [0.5, 0.6) is 0 Å². The number of nitrogens with zero attached hydrogens (tertiary/aromatic N) is 5. The summed E-state index contributed by atoms with van der Waals surface area (Å²) in [5.74, 6) is 0.640. The van der Waals surface area contributed by atoms with Gasteiger partial charge in [-0.05, 0) is 17.7 Å². The molecule has 8 nitrogen and oxygen atoms in total. The molecule has 36 heavy (non-hydrogen) atoms. The van der Waals surface area contributed by atoms with E-state index in [1.54, 1.807) is 17.1 Å². The first-order valence-electron chi connectivity index (χ1n) is 11.9. The maximum Gasteiger partial charge on any atom is 0.263 e. The highest BCUT2D eigenvalue weighted by molar-refractivity contribution is 7.13. The topological polar surface area (TPSA) is 88.0 Å². The largest absolute Gasteiger partial charge is 0.354 e. The third kappa shape index (κ3) is 3.92. The molecule has 0 spiro atoms. The highest BCUT2D eigenvalue weighted by Gasteiger charge is 2.46. The van der Waals surface area contributed by atoms with Gasteiger partial charge in [-0.25, -0.2) is 14.6 Å². The van der Waals surface area contributed by atoms with E-state index in [2.05, 4.69) is 20.5 Å². The summed E-state index contributed by atoms with van der Waals surface area (Å²) in [6.45, 7) is 3.64. The van der Waals surface area contributed by atoms with Crippen molar-refractivity contribution < 1.29 is 4.79 Å². The number of carbonyl (C=O) groups excluding carboxylic acids is 1. The van der Waals surface area contributed by atoms with Gasteiger partial charge in [-0.2, -0.15) is 5.10 Å². The molecule has 9 heteroatoms. The number of hydrogen-bond acceptors (Lipinski definition) is 7. The van der Waals surface area contributed by atoms with Crippen molar-refractivity contribution in [2.24, 2.45) is 0 Å². The first-order chi connectivity index (χ1) is 17.7. The lowest BCUT2D eigenvalue weighted by Crippen LogP contribution is -2.48. The number of piperazine rings is 1. The number of pyridine rings is 1. The molecule has 2 aromatic carbocycles. The number of hydrogen-bond donors (Lipinski definition) is 2. The average molecular weight is 496 g/mol. The number of amides is 1. The second-order valence-corrected chi connectivity index (χ2v) is 9.54. The smallest absolute Gasteiger partial charge is 0.263 e. The Morgan fingerprint density at radius 1 is 0.944 bits per heavy atom. The third-order valence-electron chi connectivity index (χ3n) is 6.54. The van der Waals surface area contributed by atoms with Crippen molar-refractivity contribution in [3.05, 3.63) is 102 Å². The van der Waals surface area contributed by atoms with E-state index in [0.29, 0.717) is 5.13 Å². The molecule has 1 atom stereocenters. The zero-order chi connectivity index (χ0) is 24.4. The molecule has 0 aliphatic carbocycles. The van der Waals surface area contributed by atoms with Gasteiger partial charge >= 0.3 is 0 Å². The number of nitrogens with one attached hydrogen (secondary N) is 2. The summed E-state index contributed by atoms with van der Waals surface area (Å²) in [6, 6.07) is 21.6. The lowest BCUT2D eigenvalue weighted by Gasteiger charge is -2.34. The molecule has 1 aliphatic heterocycles. The van der Waals surface area contributed by atoms with Gasteiger partial charge in [0.1, 0.15) is 5.82 Å². The molecule has 1 aliphatic rings. The van der Waals surface area contributed by atoms with Gasteiger partial charge in [-0.15, -0.1) is 11.3 Å². The van der Waals surface area contributed by atoms with Crippen LogP contribution in [0.2, 0.25) is 0 Å². The van der Waals surface area contributed by atoms with Crippen LogP contribution in [0.25, 0.3) is 10.9 Å². The lowest BCUT2D eigenvalue weighted by molar-refractivity contribution is -0.121. The maximum atomic E-state index is 14.3. The quantitative estimate of drug-likeness (QED) is 0.373. The summed E-state index contributed by atoms with van der Waals surface area (Å²) in [5, 5.41) is 14.6. The van der Waals surface area contributed by atoms with Gasteiger partial charge in [-0.3, -0.25) is 10.1 Å². The molecule has 1 fully saturated rings. The Bertz CT molecular complexity index is 1430. The minimum atomic E-state index is -1.30.